The van der Waals surface area contributed by atoms with E-state index in [1.165, 1.54) is 0 Å². The first kappa shape index (κ1) is 10.7. The Labute approximate surface area is 95.1 Å². The van der Waals surface area contributed by atoms with Crippen molar-refractivity contribution in [3.05, 3.63) is 42.0 Å². The quantitative estimate of drug-likeness (QED) is 0.614. The number of carbonyl (C=O) groups is 1. The van der Waals surface area contributed by atoms with Gasteiger partial charge in [0.25, 0.3) is 0 Å². The van der Waals surface area contributed by atoms with Gasteiger partial charge in [-0.15, -0.1) is 0 Å². The lowest BCUT2D eigenvalue weighted by Gasteiger charge is -2.09. The first-order valence-electron chi connectivity index (χ1n) is 5.42. The molecule has 82 valence electrons. The second-order valence-corrected chi connectivity index (χ2v) is 4.31. The highest BCUT2D eigenvalue weighted by molar-refractivity contribution is 6.05. The Bertz CT molecular complexity index is 543. The molecule has 0 atom stereocenters. The van der Waals surface area contributed by atoms with Crippen LogP contribution in [0.4, 0.5) is 5.69 Å². The summed E-state index contributed by atoms with van der Waals surface area (Å²) in [5, 5.41) is 2.13. The Morgan fingerprint density at radius 1 is 1.12 bits per heavy atom. The van der Waals surface area contributed by atoms with Crippen LogP contribution >= 0.6 is 0 Å². The maximum atomic E-state index is 11.9. The third-order valence-corrected chi connectivity index (χ3v) is 2.71. The Hall–Kier alpha value is -1.83. The monoisotopic (exact) mass is 213 g/mol. The van der Waals surface area contributed by atoms with Crippen molar-refractivity contribution < 1.29 is 4.79 Å². The second-order valence-electron chi connectivity index (χ2n) is 4.31. The lowest BCUT2D eigenvalue weighted by atomic mass is 9.96. The van der Waals surface area contributed by atoms with Gasteiger partial charge < -0.3 is 5.73 Å². The summed E-state index contributed by atoms with van der Waals surface area (Å²) < 4.78 is 0. The van der Waals surface area contributed by atoms with Crippen LogP contribution in [0.3, 0.4) is 0 Å². The average Bonchev–Trinajstić information content (AvgIpc) is 2.27. The number of hydrogen-bond acceptors (Lipinski definition) is 2. The summed E-state index contributed by atoms with van der Waals surface area (Å²) in [7, 11) is 0. The zero-order valence-corrected chi connectivity index (χ0v) is 9.53. The maximum Gasteiger partial charge on any atom is 0.167 e. The van der Waals surface area contributed by atoms with Gasteiger partial charge in [-0.1, -0.05) is 38.1 Å². The van der Waals surface area contributed by atoms with Crippen molar-refractivity contribution in [2.24, 2.45) is 5.92 Å². The number of rotatable bonds is 2. The van der Waals surface area contributed by atoms with E-state index in [-0.39, 0.29) is 11.7 Å². The van der Waals surface area contributed by atoms with Gasteiger partial charge in [0.05, 0.1) is 0 Å². The molecule has 0 radical (unpaired) electrons. The lowest BCUT2D eigenvalue weighted by molar-refractivity contribution is 0.0940. The highest BCUT2D eigenvalue weighted by Gasteiger charge is 2.14. The molecule has 0 aliphatic heterocycles. The lowest BCUT2D eigenvalue weighted by Crippen LogP contribution is -2.10. The zero-order chi connectivity index (χ0) is 11.7. The van der Waals surface area contributed by atoms with Gasteiger partial charge in [-0.25, -0.2) is 0 Å². The number of fused-ring (bicyclic) bond motifs is 1. The van der Waals surface area contributed by atoms with Crippen LogP contribution in [0.2, 0.25) is 0 Å². The molecule has 16 heavy (non-hydrogen) atoms. The maximum absolute atomic E-state index is 11.9. The van der Waals surface area contributed by atoms with E-state index < -0.39 is 0 Å². The third-order valence-electron chi connectivity index (χ3n) is 2.71. The van der Waals surface area contributed by atoms with Crippen molar-refractivity contribution in [1.29, 1.82) is 0 Å². The number of nitrogen functional groups attached to an aromatic ring is 1. The second kappa shape index (κ2) is 3.97. The molecule has 0 aliphatic rings. The van der Waals surface area contributed by atoms with Gasteiger partial charge in [-0.3, -0.25) is 4.79 Å². The van der Waals surface area contributed by atoms with Gasteiger partial charge in [-0.2, -0.15) is 0 Å². The fourth-order valence-corrected chi connectivity index (χ4v) is 1.78. The predicted molar refractivity (Wildman–Crippen MR) is 67.5 cm³/mol. The number of anilines is 1. The van der Waals surface area contributed by atoms with Gasteiger partial charge >= 0.3 is 0 Å². The van der Waals surface area contributed by atoms with Gasteiger partial charge in [0.1, 0.15) is 0 Å². The smallest absolute Gasteiger partial charge is 0.167 e. The first-order valence-corrected chi connectivity index (χ1v) is 5.42. The van der Waals surface area contributed by atoms with Crippen molar-refractivity contribution in [3.8, 4) is 0 Å². The van der Waals surface area contributed by atoms with Crippen molar-refractivity contribution in [3.63, 3.8) is 0 Å². The third kappa shape index (κ3) is 1.78. The molecular weight excluding hydrogens is 198 g/mol. The van der Waals surface area contributed by atoms with E-state index in [0.717, 1.165) is 10.8 Å². The molecule has 2 heteroatoms. The minimum absolute atomic E-state index is 0.0246. The summed E-state index contributed by atoms with van der Waals surface area (Å²) in [4.78, 5) is 11.9. The van der Waals surface area contributed by atoms with Crippen LogP contribution in [0, 0.1) is 5.92 Å². The van der Waals surface area contributed by atoms with Crippen molar-refractivity contribution >= 4 is 22.2 Å². The standard InChI is InChI=1S/C14H15NO/c1-9(2)14(16)12-7-10-5-3-4-6-11(10)8-13(12)15/h3-9H,15H2,1-2H3. The summed E-state index contributed by atoms with van der Waals surface area (Å²) >= 11 is 0. The van der Waals surface area contributed by atoms with E-state index in [9.17, 15) is 4.79 Å². The Balaban J connectivity index is 2.63. The van der Waals surface area contributed by atoms with Crippen LogP contribution in [-0.4, -0.2) is 5.78 Å². The summed E-state index contributed by atoms with van der Waals surface area (Å²) in [5.41, 5.74) is 7.10. The fraction of sp³-hybridized carbons (Fsp3) is 0.214. The molecule has 2 rings (SSSR count). The highest BCUT2D eigenvalue weighted by Crippen LogP contribution is 2.23. The van der Waals surface area contributed by atoms with Crippen LogP contribution in [0.15, 0.2) is 36.4 Å². The molecule has 0 aliphatic carbocycles. The van der Waals surface area contributed by atoms with Gasteiger partial charge in [0.15, 0.2) is 5.78 Å². The van der Waals surface area contributed by atoms with Crippen LogP contribution in [0.5, 0.6) is 0 Å². The van der Waals surface area contributed by atoms with E-state index in [0.29, 0.717) is 11.3 Å². The summed E-state index contributed by atoms with van der Waals surface area (Å²) in [6, 6.07) is 11.7. The molecule has 0 saturated heterocycles. The minimum Gasteiger partial charge on any atom is -0.398 e. The Morgan fingerprint density at radius 3 is 2.25 bits per heavy atom. The number of benzene rings is 2. The van der Waals surface area contributed by atoms with Crippen LogP contribution in [-0.2, 0) is 0 Å². The molecular formula is C14H15NO. The van der Waals surface area contributed by atoms with Crippen molar-refractivity contribution in [2.75, 3.05) is 5.73 Å². The molecule has 0 unspecified atom stereocenters. The minimum atomic E-state index is -0.0246. The van der Waals surface area contributed by atoms with Gasteiger partial charge in [0, 0.05) is 17.2 Å². The molecule has 0 heterocycles. The van der Waals surface area contributed by atoms with Crippen molar-refractivity contribution in [2.45, 2.75) is 13.8 Å². The number of Topliss-reactive ketones (excluding diaryl/α,β-unsaturated/α-hetero) is 1. The van der Waals surface area contributed by atoms with E-state index in [1.807, 2.05) is 50.2 Å². The Kier molecular flexibility index (Phi) is 2.65. The number of hydrogen-bond donors (Lipinski definition) is 1. The van der Waals surface area contributed by atoms with E-state index in [1.54, 1.807) is 0 Å². The van der Waals surface area contributed by atoms with E-state index >= 15 is 0 Å². The summed E-state index contributed by atoms with van der Waals surface area (Å²) in [6.45, 7) is 3.77. The number of ketones is 1. The Morgan fingerprint density at radius 2 is 1.69 bits per heavy atom. The first-order chi connectivity index (χ1) is 7.59. The molecule has 2 aromatic rings. The summed E-state index contributed by atoms with van der Waals surface area (Å²) in [6.07, 6.45) is 0. The summed E-state index contributed by atoms with van der Waals surface area (Å²) in [5.74, 6) is 0.0757. The normalized spacial score (nSPS) is 10.9. The predicted octanol–water partition coefficient (Wildman–Crippen LogP) is 3.26. The van der Waals surface area contributed by atoms with Crippen LogP contribution in [0.1, 0.15) is 24.2 Å². The number of carbonyl (C=O) groups excluding carboxylic acids is 1. The largest absolute Gasteiger partial charge is 0.398 e. The average molecular weight is 213 g/mol. The number of nitrogens with two attached hydrogens (primary N) is 1. The van der Waals surface area contributed by atoms with Gasteiger partial charge in [0.2, 0.25) is 0 Å². The molecule has 2 nitrogen and oxygen atoms in total. The molecule has 0 aromatic heterocycles. The fourth-order valence-electron chi connectivity index (χ4n) is 1.78. The zero-order valence-electron chi connectivity index (χ0n) is 9.53. The molecule has 2 N–H and O–H groups in total. The molecule has 0 amide bonds. The van der Waals surface area contributed by atoms with Crippen LogP contribution < -0.4 is 5.73 Å². The van der Waals surface area contributed by atoms with E-state index in [4.69, 9.17) is 5.73 Å². The molecule has 2 aromatic carbocycles. The molecule has 0 saturated carbocycles. The van der Waals surface area contributed by atoms with E-state index in [2.05, 4.69) is 0 Å². The van der Waals surface area contributed by atoms with Crippen LogP contribution in [0.25, 0.3) is 10.8 Å². The molecule has 0 fully saturated rings. The SMILES string of the molecule is CC(C)C(=O)c1cc2ccccc2cc1N. The highest BCUT2D eigenvalue weighted by atomic mass is 16.1. The van der Waals surface area contributed by atoms with Gasteiger partial charge in [-0.05, 0) is 22.9 Å². The molecule has 0 bridgehead atoms. The molecule has 0 spiro atoms. The topological polar surface area (TPSA) is 43.1 Å². The van der Waals surface area contributed by atoms with Crippen molar-refractivity contribution in [1.82, 2.24) is 0 Å².